The summed E-state index contributed by atoms with van der Waals surface area (Å²) in [6.45, 7) is 0.876. The van der Waals surface area contributed by atoms with Gasteiger partial charge in [-0.15, -0.1) is 0 Å². The van der Waals surface area contributed by atoms with Crippen LogP contribution in [-0.2, 0) is 6.54 Å². The molecule has 110 valence electrons. The zero-order chi connectivity index (χ0) is 15.4. The van der Waals surface area contributed by atoms with E-state index in [-0.39, 0.29) is 5.91 Å². The lowest BCUT2D eigenvalue weighted by Crippen LogP contribution is -2.13. The van der Waals surface area contributed by atoms with Gasteiger partial charge in [-0.1, -0.05) is 23.7 Å². The van der Waals surface area contributed by atoms with Gasteiger partial charge in [-0.3, -0.25) is 4.79 Å². The Hall–Kier alpha value is -1.11. The third-order valence-corrected chi connectivity index (χ3v) is 4.46. The van der Waals surface area contributed by atoms with Crippen molar-refractivity contribution in [1.29, 1.82) is 0 Å². The van der Waals surface area contributed by atoms with Gasteiger partial charge < -0.3 is 10.2 Å². The maximum atomic E-state index is 12.2. The maximum absolute atomic E-state index is 12.2. The number of carbonyl (C=O) groups is 1. The number of hydrogen-bond acceptors (Lipinski definition) is 2. The minimum absolute atomic E-state index is 0.159. The van der Waals surface area contributed by atoms with Crippen LogP contribution in [0.15, 0.2) is 42.5 Å². The number of anilines is 1. The fourth-order valence-corrected chi connectivity index (χ4v) is 2.42. The summed E-state index contributed by atoms with van der Waals surface area (Å²) in [5.41, 5.74) is 2.53. The molecule has 0 heterocycles. The molecule has 1 N–H and O–H groups in total. The average Bonchev–Trinajstić information content (AvgIpc) is 2.43. The molecule has 0 radical (unpaired) electrons. The van der Waals surface area contributed by atoms with Crippen LogP contribution in [-0.4, -0.2) is 24.9 Å². The Morgan fingerprint density at radius 1 is 1.19 bits per heavy atom. The lowest BCUT2D eigenvalue weighted by molar-refractivity contribution is 0.102. The van der Waals surface area contributed by atoms with Crippen molar-refractivity contribution >= 4 is 45.8 Å². The molecule has 0 atom stereocenters. The molecule has 21 heavy (non-hydrogen) atoms. The predicted molar refractivity (Wildman–Crippen MR) is 96.0 cm³/mol. The Morgan fingerprint density at radius 3 is 2.43 bits per heavy atom. The molecular weight excluding hydrogens is 399 g/mol. The first kappa shape index (κ1) is 16.3. The van der Waals surface area contributed by atoms with Crippen molar-refractivity contribution in [1.82, 2.24) is 4.90 Å². The Balaban J connectivity index is 2.06. The Kier molecular flexibility index (Phi) is 5.61. The van der Waals surface area contributed by atoms with Crippen LogP contribution in [0, 0.1) is 3.57 Å². The number of benzene rings is 2. The van der Waals surface area contributed by atoms with Gasteiger partial charge in [0.25, 0.3) is 5.91 Å². The number of rotatable bonds is 4. The van der Waals surface area contributed by atoms with Crippen LogP contribution < -0.4 is 5.32 Å². The molecule has 0 aliphatic carbocycles. The van der Waals surface area contributed by atoms with E-state index in [1.807, 2.05) is 44.4 Å². The summed E-state index contributed by atoms with van der Waals surface area (Å²) in [4.78, 5) is 14.3. The van der Waals surface area contributed by atoms with E-state index in [9.17, 15) is 4.79 Å². The summed E-state index contributed by atoms with van der Waals surface area (Å²) >= 11 is 8.17. The fraction of sp³-hybridized carbons (Fsp3) is 0.188. The molecule has 2 rings (SSSR count). The van der Waals surface area contributed by atoms with Gasteiger partial charge in [0.05, 0.1) is 5.02 Å². The molecule has 2 aromatic carbocycles. The molecule has 0 aromatic heterocycles. The fourth-order valence-electron chi connectivity index (χ4n) is 1.90. The molecule has 0 unspecified atom stereocenters. The lowest BCUT2D eigenvalue weighted by atomic mass is 10.1. The van der Waals surface area contributed by atoms with Crippen molar-refractivity contribution in [3.8, 4) is 0 Å². The molecule has 0 spiro atoms. The highest BCUT2D eigenvalue weighted by Crippen LogP contribution is 2.20. The predicted octanol–water partition coefficient (Wildman–Crippen LogP) is 4.26. The number of carbonyl (C=O) groups excluding carboxylic acids is 1. The van der Waals surface area contributed by atoms with Gasteiger partial charge in [-0.25, -0.2) is 0 Å². The number of hydrogen-bond donors (Lipinski definition) is 1. The van der Waals surface area contributed by atoms with E-state index in [2.05, 4.69) is 32.8 Å². The van der Waals surface area contributed by atoms with E-state index in [1.165, 1.54) is 5.56 Å². The van der Waals surface area contributed by atoms with Crippen molar-refractivity contribution in [3.63, 3.8) is 0 Å². The summed E-state index contributed by atoms with van der Waals surface area (Å²) in [5.74, 6) is -0.159. The van der Waals surface area contributed by atoms with Gasteiger partial charge in [0.1, 0.15) is 0 Å². The molecule has 3 nitrogen and oxygen atoms in total. The lowest BCUT2D eigenvalue weighted by Gasteiger charge is -2.11. The molecule has 5 heteroatoms. The van der Waals surface area contributed by atoms with Crippen molar-refractivity contribution < 1.29 is 4.79 Å². The first-order chi connectivity index (χ1) is 9.95. The summed E-state index contributed by atoms with van der Waals surface area (Å²) in [5, 5.41) is 3.46. The molecule has 0 fully saturated rings. The molecule has 2 aromatic rings. The Labute approximate surface area is 143 Å². The topological polar surface area (TPSA) is 32.3 Å². The maximum Gasteiger partial charge on any atom is 0.255 e. The number of halogens is 2. The number of nitrogens with one attached hydrogen (secondary N) is 1. The van der Waals surface area contributed by atoms with Gasteiger partial charge in [-0.05, 0) is 72.6 Å². The highest BCUT2D eigenvalue weighted by atomic mass is 127. The van der Waals surface area contributed by atoms with Crippen LogP contribution in [0.1, 0.15) is 15.9 Å². The van der Waals surface area contributed by atoms with E-state index in [0.717, 1.165) is 15.8 Å². The Morgan fingerprint density at radius 2 is 1.86 bits per heavy atom. The zero-order valence-corrected chi connectivity index (χ0v) is 14.8. The number of nitrogens with zero attached hydrogens (tertiary/aromatic N) is 1. The van der Waals surface area contributed by atoms with Crippen molar-refractivity contribution in [2.75, 3.05) is 19.4 Å². The largest absolute Gasteiger partial charge is 0.322 e. The summed E-state index contributed by atoms with van der Waals surface area (Å²) in [7, 11) is 4.05. The first-order valence-electron chi connectivity index (χ1n) is 6.46. The quantitative estimate of drug-likeness (QED) is 0.758. The minimum Gasteiger partial charge on any atom is -0.322 e. The smallest absolute Gasteiger partial charge is 0.255 e. The van der Waals surface area contributed by atoms with Crippen LogP contribution in [0.4, 0.5) is 5.69 Å². The van der Waals surface area contributed by atoms with E-state index in [1.54, 1.807) is 12.1 Å². The molecule has 0 aliphatic rings. The van der Waals surface area contributed by atoms with Crippen LogP contribution in [0.25, 0.3) is 0 Å². The average molecular weight is 415 g/mol. The van der Waals surface area contributed by atoms with E-state index in [4.69, 9.17) is 11.6 Å². The van der Waals surface area contributed by atoms with Crippen LogP contribution in [0.2, 0.25) is 5.02 Å². The molecule has 0 aliphatic heterocycles. The third kappa shape index (κ3) is 4.69. The summed E-state index contributed by atoms with van der Waals surface area (Å²) in [6, 6.07) is 13.1. The second-order valence-corrected chi connectivity index (χ2v) is 6.59. The molecule has 1 amide bonds. The second-order valence-electron chi connectivity index (χ2n) is 5.02. The van der Waals surface area contributed by atoms with Crippen LogP contribution in [0.3, 0.4) is 0 Å². The SMILES string of the molecule is CN(C)Cc1ccc(NC(=O)c2ccc(I)c(Cl)c2)cc1. The summed E-state index contributed by atoms with van der Waals surface area (Å²) < 4.78 is 0.929. The van der Waals surface area contributed by atoms with Gasteiger partial charge in [0, 0.05) is 21.4 Å². The van der Waals surface area contributed by atoms with Crippen molar-refractivity contribution in [3.05, 3.63) is 62.2 Å². The van der Waals surface area contributed by atoms with E-state index >= 15 is 0 Å². The molecule has 0 bridgehead atoms. The second kappa shape index (κ2) is 7.24. The highest BCUT2D eigenvalue weighted by molar-refractivity contribution is 14.1. The summed E-state index contributed by atoms with van der Waals surface area (Å²) in [6.07, 6.45) is 0. The van der Waals surface area contributed by atoms with Crippen LogP contribution >= 0.6 is 34.2 Å². The van der Waals surface area contributed by atoms with E-state index in [0.29, 0.717) is 10.6 Å². The normalized spacial score (nSPS) is 10.7. The van der Waals surface area contributed by atoms with E-state index < -0.39 is 0 Å². The monoisotopic (exact) mass is 414 g/mol. The molecule has 0 saturated heterocycles. The van der Waals surface area contributed by atoms with Gasteiger partial charge in [-0.2, -0.15) is 0 Å². The van der Waals surface area contributed by atoms with Crippen LogP contribution in [0.5, 0.6) is 0 Å². The third-order valence-electron chi connectivity index (χ3n) is 2.89. The first-order valence-corrected chi connectivity index (χ1v) is 7.91. The highest BCUT2D eigenvalue weighted by Gasteiger charge is 2.08. The van der Waals surface area contributed by atoms with Gasteiger partial charge >= 0.3 is 0 Å². The standard InChI is InChI=1S/C16H16ClIN2O/c1-20(2)10-11-3-6-13(7-4-11)19-16(21)12-5-8-15(18)14(17)9-12/h3-9H,10H2,1-2H3,(H,19,21). The van der Waals surface area contributed by atoms with Gasteiger partial charge in [0.15, 0.2) is 0 Å². The molecule has 0 saturated carbocycles. The zero-order valence-electron chi connectivity index (χ0n) is 11.9. The van der Waals surface area contributed by atoms with Crippen molar-refractivity contribution in [2.24, 2.45) is 0 Å². The van der Waals surface area contributed by atoms with Gasteiger partial charge in [0.2, 0.25) is 0 Å². The minimum atomic E-state index is -0.159. The Bertz CT molecular complexity index is 641. The molecular formula is C16H16ClIN2O. The van der Waals surface area contributed by atoms with Crippen molar-refractivity contribution in [2.45, 2.75) is 6.54 Å². The number of amides is 1.